The highest BCUT2D eigenvalue weighted by molar-refractivity contribution is 5.04. The van der Waals surface area contributed by atoms with Crippen molar-refractivity contribution in [2.75, 3.05) is 13.7 Å². The smallest absolute Gasteiger partial charge is 0.226 e. The molecule has 1 fully saturated rings. The van der Waals surface area contributed by atoms with Crippen molar-refractivity contribution in [3.05, 3.63) is 11.7 Å². The van der Waals surface area contributed by atoms with E-state index in [0.29, 0.717) is 24.6 Å². The van der Waals surface area contributed by atoms with Crippen LogP contribution in [-0.2, 0) is 16.8 Å². The molecule has 102 valence electrons. The van der Waals surface area contributed by atoms with Gasteiger partial charge in [-0.1, -0.05) is 12.1 Å². The van der Waals surface area contributed by atoms with Gasteiger partial charge in [-0.2, -0.15) is 4.98 Å². The summed E-state index contributed by atoms with van der Waals surface area (Å²) in [5, 5.41) is 12.9. The minimum atomic E-state index is -0.368. The van der Waals surface area contributed by atoms with Gasteiger partial charge < -0.3 is 14.4 Å². The second-order valence-electron chi connectivity index (χ2n) is 5.22. The van der Waals surface area contributed by atoms with E-state index in [1.54, 1.807) is 7.11 Å². The van der Waals surface area contributed by atoms with Gasteiger partial charge in [-0.25, -0.2) is 0 Å². The molecule has 0 saturated heterocycles. The van der Waals surface area contributed by atoms with Gasteiger partial charge in [0.25, 0.3) is 0 Å². The van der Waals surface area contributed by atoms with Crippen molar-refractivity contribution < 1.29 is 14.4 Å². The van der Waals surface area contributed by atoms with E-state index in [4.69, 9.17) is 14.4 Å². The van der Waals surface area contributed by atoms with Crippen molar-refractivity contribution >= 4 is 0 Å². The molecule has 5 nitrogen and oxygen atoms in total. The number of aryl methyl sites for hydroxylation is 1. The van der Waals surface area contributed by atoms with Crippen LogP contribution in [0.15, 0.2) is 4.52 Å². The van der Waals surface area contributed by atoms with Crippen molar-refractivity contribution in [3.63, 3.8) is 0 Å². The number of methoxy groups -OCH3 is 1. The first-order valence-corrected chi connectivity index (χ1v) is 6.69. The molecule has 1 saturated carbocycles. The van der Waals surface area contributed by atoms with E-state index >= 15 is 0 Å². The highest BCUT2D eigenvalue weighted by Crippen LogP contribution is 2.40. The quantitative estimate of drug-likeness (QED) is 0.871. The fraction of sp³-hybridized carbons (Fsp3) is 0.846. The Labute approximate surface area is 108 Å². The van der Waals surface area contributed by atoms with E-state index in [-0.39, 0.29) is 12.2 Å². The Bertz CT molecular complexity index is 370. The molecule has 1 aromatic heterocycles. The van der Waals surface area contributed by atoms with Gasteiger partial charge in [0, 0.05) is 20.1 Å². The molecule has 0 bridgehead atoms. The molecule has 0 aliphatic heterocycles. The van der Waals surface area contributed by atoms with Crippen molar-refractivity contribution in [2.24, 2.45) is 5.92 Å². The molecular weight excluding hydrogens is 232 g/mol. The lowest BCUT2D eigenvalue weighted by Crippen LogP contribution is -2.34. The maximum Gasteiger partial charge on any atom is 0.226 e. The predicted octanol–water partition coefficient (Wildman–Crippen LogP) is 2.05. The van der Waals surface area contributed by atoms with Crippen molar-refractivity contribution in [2.45, 2.75) is 51.0 Å². The number of hydrogen-bond donors (Lipinski definition) is 1. The monoisotopic (exact) mass is 254 g/mol. The third-order valence-corrected chi connectivity index (χ3v) is 3.90. The van der Waals surface area contributed by atoms with Crippen LogP contribution < -0.4 is 0 Å². The lowest BCUT2D eigenvalue weighted by molar-refractivity contribution is -0.0609. The van der Waals surface area contributed by atoms with Gasteiger partial charge in [0.05, 0.1) is 0 Å². The van der Waals surface area contributed by atoms with Crippen LogP contribution in [0.1, 0.15) is 50.7 Å². The Morgan fingerprint density at radius 1 is 1.44 bits per heavy atom. The van der Waals surface area contributed by atoms with Crippen LogP contribution >= 0.6 is 0 Å². The van der Waals surface area contributed by atoms with Gasteiger partial charge in [-0.3, -0.25) is 0 Å². The normalized spacial score (nSPS) is 28.5. The van der Waals surface area contributed by atoms with Crippen LogP contribution in [0.25, 0.3) is 0 Å². The summed E-state index contributed by atoms with van der Waals surface area (Å²) in [6.07, 6.45) is 5.44. The van der Waals surface area contributed by atoms with Crippen LogP contribution in [0.4, 0.5) is 0 Å². The van der Waals surface area contributed by atoms with Crippen molar-refractivity contribution in [1.82, 2.24) is 10.1 Å². The number of rotatable bonds is 5. The summed E-state index contributed by atoms with van der Waals surface area (Å²) in [5.41, 5.74) is -0.368. The summed E-state index contributed by atoms with van der Waals surface area (Å²) < 4.78 is 10.9. The molecular formula is C13H22N2O3. The van der Waals surface area contributed by atoms with E-state index in [9.17, 15) is 0 Å². The predicted molar refractivity (Wildman–Crippen MR) is 66.0 cm³/mol. The van der Waals surface area contributed by atoms with Crippen LogP contribution in [0.5, 0.6) is 0 Å². The molecule has 1 heterocycles. The number of ether oxygens (including phenoxy) is 1. The Kier molecular flexibility index (Phi) is 4.35. The molecule has 0 atom stereocenters. The lowest BCUT2D eigenvalue weighted by Gasteiger charge is -2.35. The SMILES string of the molecule is COC1(c2noc(CCCO)n2)CCC(C)CC1. The Hall–Kier alpha value is -0.940. The van der Waals surface area contributed by atoms with Gasteiger partial charge in [-0.05, 0) is 38.0 Å². The van der Waals surface area contributed by atoms with Gasteiger partial charge in [0.1, 0.15) is 5.60 Å². The summed E-state index contributed by atoms with van der Waals surface area (Å²) in [5.74, 6) is 2.01. The lowest BCUT2D eigenvalue weighted by atomic mass is 9.79. The molecule has 5 heteroatoms. The van der Waals surface area contributed by atoms with Gasteiger partial charge in [-0.15, -0.1) is 0 Å². The Balaban J connectivity index is 2.09. The summed E-state index contributed by atoms with van der Waals surface area (Å²) in [7, 11) is 1.72. The molecule has 1 aromatic rings. The zero-order chi connectivity index (χ0) is 13.0. The van der Waals surface area contributed by atoms with Gasteiger partial charge >= 0.3 is 0 Å². The summed E-state index contributed by atoms with van der Waals surface area (Å²) >= 11 is 0. The third kappa shape index (κ3) is 2.72. The van der Waals surface area contributed by atoms with Gasteiger partial charge in [0.15, 0.2) is 0 Å². The minimum absolute atomic E-state index is 0.144. The summed E-state index contributed by atoms with van der Waals surface area (Å²) in [6.45, 7) is 2.41. The van der Waals surface area contributed by atoms with Crippen molar-refractivity contribution in [3.8, 4) is 0 Å². The molecule has 0 unspecified atom stereocenters. The number of aliphatic hydroxyl groups excluding tert-OH is 1. The minimum Gasteiger partial charge on any atom is -0.396 e. The van der Waals surface area contributed by atoms with E-state index in [1.165, 1.54) is 0 Å². The largest absolute Gasteiger partial charge is 0.396 e. The molecule has 1 aliphatic carbocycles. The fourth-order valence-corrected chi connectivity index (χ4v) is 2.52. The van der Waals surface area contributed by atoms with Crippen LogP contribution in [0.3, 0.4) is 0 Å². The highest BCUT2D eigenvalue weighted by atomic mass is 16.5. The standard InChI is InChI=1S/C13H22N2O3/c1-10-5-7-13(17-2,8-6-10)12-14-11(18-15-12)4-3-9-16/h10,16H,3-9H2,1-2H3. The van der Waals surface area contributed by atoms with E-state index in [0.717, 1.165) is 31.6 Å². The van der Waals surface area contributed by atoms with Crippen LogP contribution in [0.2, 0.25) is 0 Å². The first-order chi connectivity index (χ1) is 8.70. The maximum absolute atomic E-state index is 8.79. The summed E-state index contributed by atoms with van der Waals surface area (Å²) in [6, 6.07) is 0. The topological polar surface area (TPSA) is 68.4 Å². The van der Waals surface area contributed by atoms with Gasteiger partial charge in [0.2, 0.25) is 11.7 Å². The molecule has 2 rings (SSSR count). The highest BCUT2D eigenvalue weighted by Gasteiger charge is 2.40. The average molecular weight is 254 g/mol. The number of hydrogen-bond acceptors (Lipinski definition) is 5. The second kappa shape index (κ2) is 5.80. The molecule has 1 N–H and O–H groups in total. The van der Waals surface area contributed by atoms with Crippen molar-refractivity contribution in [1.29, 1.82) is 0 Å². The molecule has 0 aromatic carbocycles. The first kappa shape index (κ1) is 13.5. The van der Waals surface area contributed by atoms with Crippen LogP contribution in [-0.4, -0.2) is 29.0 Å². The summed E-state index contributed by atoms with van der Waals surface area (Å²) in [4.78, 5) is 4.43. The molecule has 0 radical (unpaired) electrons. The average Bonchev–Trinajstić information content (AvgIpc) is 2.87. The second-order valence-corrected chi connectivity index (χ2v) is 5.22. The number of aliphatic hydroxyl groups is 1. The molecule has 0 spiro atoms. The number of aromatic nitrogens is 2. The molecule has 18 heavy (non-hydrogen) atoms. The Morgan fingerprint density at radius 2 is 2.17 bits per heavy atom. The Morgan fingerprint density at radius 3 is 2.78 bits per heavy atom. The molecule has 1 aliphatic rings. The van der Waals surface area contributed by atoms with Crippen LogP contribution in [0, 0.1) is 5.92 Å². The fourth-order valence-electron chi connectivity index (χ4n) is 2.52. The zero-order valence-electron chi connectivity index (χ0n) is 11.2. The van der Waals surface area contributed by atoms with E-state index in [1.807, 2.05) is 0 Å². The van der Waals surface area contributed by atoms with E-state index in [2.05, 4.69) is 17.1 Å². The zero-order valence-corrected chi connectivity index (χ0v) is 11.2. The maximum atomic E-state index is 8.79. The third-order valence-electron chi connectivity index (χ3n) is 3.90. The van der Waals surface area contributed by atoms with E-state index < -0.39 is 0 Å². The first-order valence-electron chi connectivity index (χ1n) is 6.69. The molecule has 0 amide bonds. The number of nitrogens with zero attached hydrogens (tertiary/aromatic N) is 2.